The van der Waals surface area contributed by atoms with Gasteiger partial charge in [0.1, 0.15) is 11.6 Å². The van der Waals surface area contributed by atoms with Crippen LogP contribution in [0.25, 0.3) is 0 Å². The Morgan fingerprint density at radius 3 is 2.61 bits per heavy atom. The van der Waals surface area contributed by atoms with E-state index in [0.29, 0.717) is 5.75 Å². The molecule has 1 fully saturated rings. The lowest BCUT2D eigenvalue weighted by atomic mass is 10.2. The third kappa shape index (κ3) is 4.22. The first-order valence-electron chi connectivity index (χ1n) is 7.74. The van der Waals surface area contributed by atoms with Crippen LogP contribution in [-0.2, 0) is 4.79 Å². The highest BCUT2D eigenvalue weighted by atomic mass is 19.1. The molecule has 1 heterocycles. The number of amides is 1. The van der Waals surface area contributed by atoms with Crippen molar-refractivity contribution < 1.29 is 13.9 Å². The minimum atomic E-state index is -0.333. The summed E-state index contributed by atoms with van der Waals surface area (Å²) in [5, 5.41) is 2.82. The number of benzene rings is 2. The molecule has 1 aliphatic rings. The third-order valence-electron chi connectivity index (χ3n) is 3.78. The van der Waals surface area contributed by atoms with Gasteiger partial charge in [-0.15, -0.1) is 0 Å². The Balaban J connectivity index is 1.55. The number of rotatable bonds is 5. The smallest absolute Gasteiger partial charge is 0.262 e. The molecular formula is C18H19FN2O2. The van der Waals surface area contributed by atoms with Crippen molar-refractivity contribution in [2.24, 2.45) is 0 Å². The van der Waals surface area contributed by atoms with Crippen molar-refractivity contribution in [3.8, 4) is 5.75 Å². The molecule has 0 spiro atoms. The predicted octanol–water partition coefficient (Wildman–Crippen LogP) is 3.44. The second-order valence-electron chi connectivity index (χ2n) is 5.54. The molecule has 1 N–H and O–H groups in total. The van der Waals surface area contributed by atoms with Crippen LogP contribution in [0, 0.1) is 5.82 Å². The van der Waals surface area contributed by atoms with Crippen LogP contribution < -0.4 is 15.0 Å². The van der Waals surface area contributed by atoms with Crippen molar-refractivity contribution in [3.05, 3.63) is 54.3 Å². The van der Waals surface area contributed by atoms with Gasteiger partial charge in [-0.3, -0.25) is 4.79 Å². The van der Waals surface area contributed by atoms with Gasteiger partial charge >= 0.3 is 0 Å². The second kappa shape index (κ2) is 7.13. The lowest BCUT2D eigenvalue weighted by Crippen LogP contribution is -2.21. The monoisotopic (exact) mass is 314 g/mol. The number of carbonyl (C=O) groups is 1. The molecule has 0 radical (unpaired) electrons. The maximum Gasteiger partial charge on any atom is 0.262 e. The lowest BCUT2D eigenvalue weighted by molar-refractivity contribution is -0.118. The van der Waals surface area contributed by atoms with Gasteiger partial charge < -0.3 is 15.0 Å². The minimum Gasteiger partial charge on any atom is -0.484 e. The molecule has 1 saturated heterocycles. The van der Waals surface area contributed by atoms with Gasteiger partial charge in [0.25, 0.3) is 5.91 Å². The number of nitrogens with zero attached hydrogens (tertiary/aromatic N) is 1. The normalized spacial score (nSPS) is 13.9. The first-order valence-corrected chi connectivity index (χ1v) is 7.74. The van der Waals surface area contributed by atoms with E-state index in [-0.39, 0.29) is 18.3 Å². The molecule has 0 aromatic heterocycles. The van der Waals surface area contributed by atoms with E-state index in [4.69, 9.17) is 4.74 Å². The molecule has 1 amide bonds. The summed E-state index contributed by atoms with van der Waals surface area (Å²) in [6, 6.07) is 13.4. The predicted molar refractivity (Wildman–Crippen MR) is 88.4 cm³/mol. The number of nitrogens with one attached hydrogen (secondary N) is 1. The highest BCUT2D eigenvalue weighted by Crippen LogP contribution is 2.23. The first-order chi connectivity index (χ1) is 11.2. The summed E-state index contributed by atoms with van der Waals surface area (Å²) >= 11 is 0. The molecule has 2 aromatic carbocycles. The Morgan fingerprint density at radius 1 is 1.13 bits per heavy atom. The van der Waals surface area contributed by atoms with Crippen LogP contribution in [0.2, 0.25) is 0 Å². The van der Waals surface area contributed by atoms with Crippen LogP contribution in [0.3, 0.4) is 0 Å². The topological polar surface area (TPSA) is 41.6 Å². The van der Waals surface area contributed by atoms with Gasteiger partial charge in [0.2, 0.25) is 0 Å². The number of hydrogen-bond donors (Lipinski definition) is 1. The largest absolute Gasteiger partial charge is 0.484 e. The summed E-state index contributed by atoms with van der Waals surface area (Å²) in [4.78, 5) is 14.3. The van der Waals surface area contributed by atoms with Crippen molar-refractivity contribution in [2.45, 2.75) is 12.8 Å². The highest BCUT2D eigenvalue weighted by Gasteiger charge is 2.13. The molecule has 0 bridgehead atoms. The number of hydrogen-bond acceptors (Lipinski definition) is 3. The van der Waals surface area contributed by atoms with E-state index >= 15 is 0 Å². The summed E-state index contributed by atoms with van der Waals surface area (Å²) in [6.07, 6.45) is 2.42. The van der Waals surface area contributed by atoms with E-state index in [2.05, 4.69) is 16.3 Å². The zero-order valence-corrected chi connectivity index (χ0v) is 12.8. The Hall–Kier alpha value is -2.56. The summed E-state index contributed by atoms with van der Waals surface area (Å²) in [5.74, 6) is -0.110. The van der Waals surface area contributed by atoms with Gasteiger partial charge in [0, 0.05) is 24.5 Å². The Labute approximate surface area is 134 Å². The molecule has 2 aromatic rings. The Bertz CT molecular complexity index is 667. The average Bonchev–Trinajstić information content (AvgIpc) is 3.09. The molecule has 0 atom stereocenters. The van der Waals surface area contributed by atoms with Crippen LogP contribution in [0.1, 0.15) is 12.8 Å². The van der Waals surface area contributed by atoms with Crippen LogP contribution in [0.15, 0.2) is 48.5 Å². The quantitative estimate of drug-likeness (QED) is 0.919. The van der Waals surface area contributed by atoms with Crippen LogP contribution >= 0.6 is 0 Å². The van der Waals surface area contributed by atoms with Gasteiger partial charge in [-0.05, 0) is 55.3 Å². The molecule has 3 rings (SSSR count). The van der Waals surface area contributed by atoms with E-state index in [1.165, 1.54) is 37.1 Å². The summed E-state index contributed by atoms with van der Waals surface area (Å²) in [5.41, 5.74) is 1.88. The molecule has 0 saturated carbocycles. The fraction of sp³-hybridized carbons (Fsp3) is 0.278. The first kappa shape index (κ1) is 15.3. The fourth-order valence-electron chi connectivity index (χ4n) is 2.63. The third-order valence-corrected chi connectivity index (χ3v) is 3.78. The van der Waals surface area contributed by atoms with Crippen LogP contribution in [0.5, 0.6) is 5.75 Å². The summed E-state index contributed by atoms with van der Waals surface area (Å²) < 4.78 is 18.1. The second-order valence-corrected chi connectivity index (χ2v) is 5.54. The van der Waals surface area contributed by atoms with Gasteiger partial charge in [0.15, 0.2) is 6.61 Å². The Morgan fingerprint density at radius 2 is 1.87 bits per heavy atom. The number of halogens is 1. The zero-order valence-electron chi connectivity index (χ0n) is 12.8. The SMILES string of the molecule is O=C(COc1ccc(F)cc1)Nc1cccc(N2CCCC2)c1. The summed E-state index contributed by atoms with van der Waals surface area (Å²) in [6.45, 7) is 2.01. The van der Waals surface area contributed by atoms with E-state index in [1.807, 2.05) is 18.2 Å². The molecule has 4 nitrogen and oxygen atoms in total. The fourth-order valence-corrected chi connectivity index (χ4v) is 2.63. The van der Waals surface area contributed by atoms with Crippen molar-refractivity contribution in [1.82, 2.24) is 0 Å². The number of anilines is 2. The average molecular weight is 314 g/mol. The van der Waals surface area contributed by atoms with Gasteiger partial charge in [-0.25, -0.2) is 4.39 Å². The van der Waals surface area contributed by atoms with Crippen molar-refractivity contribution in [2.75, 3.05) is 29.9 Å². The zero-order chi connectivity index (χ0) is 16.1. The molecule has 23 heavy (non-hydrogen) atoms. The number of ether oxygens (including phenoxy) is 1. The van der Waals surface area contributed by atoms with Crippen molar-refractivity contribution in [3.63, 3.8) is 0 Å². The Kier molecular flexibility index (Phi) is 4.76. The number of carbonyl (C=O) groups excluding carboxylic acids is 1. The van der Waals surface area contributed by atoms with Crippen LogP contribution in [-0.4, -0.2) is 25.6 Å². The maximum absolute atomic E-state index is 12.8. The van der Waals surface area contributed by atoms with E-state index in [9.17, 15) is 9.18 Å². The standard InChI is InChI=1S/C18H19FN2O2/c19-14-6-8-17(9-7-14)23-13-18(22)20-15-4-3-5-16(12-15)21-10-1-2-11-21/h3-9,12H,1-2,10-11,13H2,(H,20,22). The van der Waals surface area contributed by atoms with Crippen LogP contribution in [0.4, 0.5) is 15.8 Å². The molecule has 0 unspecified atom stereocenters. The lowest BCUT2D eigenvalue weighted by Gasteiger charge is -2.18. The van der Waals surface area contributed by atoms with E-state index in [0.717, 1.165) is 24.5 Å². The molecular weight excluding hydrogens is 295 g/mol. The summed E-state index contributed by atoms with van der Waals surface area (Å²) in [7, 11) is 0. The molecule has 5 heteroatoms. The maximum atomic E-state index is 12.8. The van der Waals surface area contributed by atoms with Gasteiger partial charge in [0.05, 0.1) is 0 Å². The molecule has 120 valence electrons. The highest BCUT2D eigenvalue weighted by molar-refractivity contribution is 5.92. The minimum absolute atomic E-state index is 0.112. The van der Waals surface area contributed by atoms with Crippen molar-refractivity contribution >= 4 is 17.3 Å². The van der Waals surface area contributed by atoms with Crippen molar-refractivity contribution in [1.29, 1.82) is 0 Å². The molecule has 0 aliphatic carbocycles. The van der Waals surface area contributed by atoms with E-state index < -0.39 is 0 Å². The van der Waals surface area contributed by atoms with Gasteiger partial charge in [-0.1, -0.05) is 6.07 Å². The molecule has 1 aliphatic heterocycles. The van der Waals surface area contributed by atoms with E-state index in [1.54, 1.807) is 0 Å². The van der Waals surface area contributed by atoms with Gasteiger partial charge in [-0.2, -0.15) is 0 Å².